The van der Waals surface area contributed by atoms with Crippen molar-refractivity contribution in [3.05, 3.63) is 168 Å². The zero-order valence-corrected chi connectivity index (χ0v) is 27.0. The van der Waals surface area contributed by atoms with E-state index in [1.807, 2.05) is 42.5 Å². The molecule has 234 valence electrons. The highest BCUT2D eigenvalue weighted by molar-refractivity contribution is 6.09. The molecule has 6 aromatic rings. The van der Waals surface area contributed by atoms with Crippen molar-refractivity contribution in [1.82, 2.24) is 4.57 Å². The summed E-state index contributed by atoms with van der Waals surface area (Å²) in [4.78, 5) is 2.30. The third-order valence-electron chi connectivity index (χ3n) is 10.4. The van der Waals surface area contributed by atoms with Crippen LogP contribution in [-0.4, -0.2) is 10.6 Å². The molecule has 3 aliphatic rings. The number of hydrogen-bond donors (Lipinski definition) is 0. The molecule has 0 saturated heterocycles. The SMILES string of the molecule is N#CC1=CC2C3=C(C=CCC3C#N)N(c3ccccc3-c3cccc(-c4ccc(-n5c6ccccc6c6ccccc65)cc4)c3C#N)C2C=C1. The largest absolute Gasteiger partial charge is 0.333 e. The van der Waals surface area contributed by atoms with E-state index in [4.69, 9.17) is 0 Å². The molecule has 5 aromatic carbocycles. The number of fused-ring (bicyclic) bond motifs is 5. The second-order valence-electron chi connectivity index (χ2n) is 12.9. The molecule has 0 N–H and O–H groups in total. The Bertz CT molecular complexity index is 2570. The number of allylic oxidation sites excluding steroid dienone is 4. The van der Waals surface area contributed by atoms with Gasteiger partial charge in [-0.15, -0.1) is 0 Å². The van der Waals surface area contributed by atoms with Gasteiger partial charge in [-0.3, -0.25) is 0 Å². The van der Waals surface area contributed by atoms with Crippen LogP contribution >= 0.6 is 0 Å². The minimum Gasteiger partial charge on any atom is -0.333 e. The number of nitrogens with zero attached hydrogens (tertiary/aromatic N) is 5. The van der Waals surface area contributed by atoms with Crippen LogP contribution in [0.4, 0.5) is 5.69 Å². The third-order valence-corrected chi connectivity index (χ3v) is 10.4. The van der Waals surface area contributed by atoms with Gasteiger partial charge in [-0.05, 0) is 60.0 Å². The number of nitriles is 3. The van der Waals surface area contributed by atoms with Crippen molar-refractivity contribution in [2.24, 2.45) is 11.8 Å². The molecule has 0 fully saturated rings. The van der Waals surface area contributed by atoms with Crippen molar-refractivity contribution in [3.8, 4) is 46.1 Å². The number of hydrogen-bond acceptors (Lipinski definition) is 4. The van der Waals surface area contributed by atoms with Crippen LogP contribution in [0.25, 0.3) is 49.7 Å². The molecule has 9 rings (SSSR count). The highest BCUT2D eigenvalue weighted by Gasteiger charge is 2.44. The second-order valence-corrected chi connectivity index (χ2v) is 12.9. The summed E-state index contributed by atoms with van der Waals surface area (Å²) in [5.41, 5.74) is 11.2. The summed E-state index contributed by atoms with van der Waals surface area (Å²) in [6.45, 7) is 0. The van der Waals surface area contributed by atoms with E-state index in [2.05, 4.69) is 131 Å². The third kappa shape index (κ3) is 4.37. The highest BCUT2D eigenvalue weighted by Crippen LogP contribution is 2.50. The zero-order chi connectivity index (χ0) is 33.8. The molecule has 0 bridgehead atoms. The Morgan fingerprint density at radius 2 is 1.32 bits per heavy atom. The Labute approximate surface area is 290 Å². The van der Waals surface area contributed by atoms with Crippen molar-refractivity contribution < 1.29 is 0 Å². The maximum Gasteiger partial charge on any atom is 0.100 e. The minimum atomic E-state index is -0.258. The Morgan fingerprint density at radius 3 is 2.04 bits per heavy atom. The van der Waals surface area contributed by atoms with Crippen LogP contribution in [0.5, 0.6) is 0 Å². The van der Waals surface area contributed by atoms with E-state index in [1.165, 1.54) is 10.8 Å². The van der Waals surface area contributed by atoms with Crippen LogP contribution in [-0.2, 0) is 0 Å². The number of aromatic nitrogens is 1. The number of rotatable bonds is 4. The van der Waals surface area contributed by atoms with Gasteiger partial charge < -0.3 is 9.47 Å². The van der Waals surface area contributed by atoms with Crippen molar-refractivity contribution in [2.45, 2.75) is 12.5 Å². The number of para-hydroxylation sites is 3. The Kier molecular flexibility index (Phi) is 6.84. The van der Waals surface area contributed by atoms with E-state index < -0.39 is 0 Å². The molecule has 1 aromatic heterocycles. The van der Waals surface area contributed by atoms with E-state index in [0.29, 0.717) is 17.6 Å². The van der Waals surface area contributed by atoms with Crippen molar-refractivity contribution in [2.75, 3.05) is 4.90 Å². The van der Waals surface area contributed by atoms with Gasteiger partial charge in [-0.25, -0.2) is 0 Å². The molecule has 3 unspecified atom stereocenters. The molecule has 1 aliphatic heterocycles. The second kappa shape index (κ2) is 11.7. The van der Waals surface area contributed by atoms with E-state index >= 15 is 0 Å². The molecular weight excluding hydrogens is 611 g/mol. The molecule has 0 spiro atoms. The maximum atomic E-state index is 10.7. The van der Waals surface area contributed by atoms with E-state index in [1.54, 1.807) is 0 Å². The van der Waals surface area contributed by atoms with Gasteiger partial charge in [-0.2, -0.15) is 15.8 Å². The average Bonchev–Trinajstić information content (AvgIpc) is 3.70. The lowest BCUT2D eigenvalue weighted by atomic mass is 9.79. The smallest absolute Gasteiger partial charge is 0.100 e. The molecule has 2 heterocycles. The average molecular weight is 640 g/mol. The topological polar surface area (TPSA) is 79.5 Å². The molecule has 5 nitrogen and oxygen atoms in total. The summed E-state index contributed by atoms with van der Waals surface area (Å²) in [7, 11) is 0. The van der Waals surface area contributed by atoms with Gasteiger partial charge in [0.15, 0.2) is 0 Å². The summed E-state index contributed by atoms with van der Waals surface area (Å²) < 4.78 is 2.30. The zero-order valence-electron chi connectivity index (χ0n) is 27.0. The van der Waals surface area contributed by atoms with E-state index in [9.17, 15) is 15.8 Å². The predicted octanol–water partition coefficient (Wildman–Crippen LogP) is 10.2. The molecule has 2 aliphatic carbocycles. The first-order chi connectivity index (χ1) is 24.7. The lowest BCUT2D eigenvalue weighted by Crippen LogP contribution is -2.33. The van der Waals surface area contributed by atoms with Crippen LogP contribution in [0, 0.1) is 45.8 Å². The van der Waals surface area contributed by atoms with Crippen molar-refractivity contribution >= 4 is 27.5 Å². The standard InChI is InChI=1S/C45H29N5/c46-26-29-19-24-43-38(25-29)45-31(27-47)9-7-18-44(45)50(43)42-17-6-1-10-35(42)34-14-8-13-33(39(34)28-48)30-20-22-32(23-21-30)49-40-15-4-2-11-36(40)37-12-3-5-16-41(37)49/h1-8,10-25,31,38,43H,9H2. The van der Waals surface area contributed by atoms with E-state index in [0.717, 1.165) is 55.9 Å². The molecule has 5 heteroatoms. The monoisotopic (exact) mass is 639 g/mol. The Morgan fingerprint density at radius 1 is 0.640 bits per heavy atom. The molecule has 0 amide bonds. The van der Waals surface area contributed by atoms with Gasteiger partial charge in [0, 0.05) is 56.0 Å². The van der Waals surface area contributed by atoms with Crippen molar-refractivity contribution in [1.29, 1.82) is 15.8 Å². The maximum absolute atomic E-state index is 10.7. The molecular formula is C45H29N5. The van der Waals surface area contributed by atoms with Gasteiger partial charge >= 0.3 is 0 Å². The van der Waals surface area contributed by atoms with Gasteiger partial charge in [0.2, 0.25) is 0 Å². The predicted molar refractivity (Wildman–Crippen MR) is 199 cm³/mol. The molecule has 3 atom stereocenters. The minimum absolute atomic E-state index is 0.0814. The molecule has 0 radical (unpaired) electrons. The summed E-state index contributed by atoms with van der Waals surface area (Å²) >= 11 is 0. The Hall–Kier alpha value is -6.87. The van der Waals surface area contributed by atoms with Crippen LogP contribution in [0.15, 0.2) is 162 Å². The summed E-state index contributed by atoms with van der Waals surface area (Å²) in [6.07, 6.45) is 10.8. The quantitative estimate of drug-likeness (QED) is 0.192. The fourth-order valence-corrected chi connectivity index (χ4v) is 8.22. The summed E-state index contributed by atoms with van der Waals surface area (Å²) in [6, 6.07) is 47.0. The first kappa shape index (κ1) is 29.3. The fraction of sp³-hybridized carbons (Fsp3) is 0.0889. The number of anilines is 1. The first-order valence-corrected chi connectivity index (χ1v) is 16.8. The summed E-state index contributed by atoms with van der Waals surface area (Å²) in [5, 5.41) is 33.0. The van der Waals surface area contributed by atoms with Gasteiger partial charge in [0.25, 0.3) is 0 Å². The lowest BCUT2D eigenvalue weighted by molar-refractivity contribution is 0.617. The highest BCUT2D eigenvalue weighted by atomic mass is 15.2. The van der Waals surface area contributed by atoms with E-state index in [-0.39, 0.29) is 17.9 Å². The van der Waals surface area contributed by atoms with Crippen LogP contribution in [0.2, 0.25) is 0 Å². The van der Waals surface area contributed by atoms with Crippen LogP contribution in [0.1, 0.15) is 12.0 Å². The lowest BCUT2D eigenvalue weighted by Gasteiger charge is -2.32. The summed E-state index contributed by atoms with van der Waals surface area (Å²) in [5.74, 6) is -0.340. The van der Waals surface area contributed by atoms with Crippen LogP contribution in [0.3, 0.4) is 0 Å². The van der Waals surface area contributed by atoms with Crippen LogP contribution < -0.4 is 4.90 Å². The van der Waals surface area contributed by atoms with Gasteiger partial charge in [0.1, 0.15) is 6.07 Å². The normalized spacial score (nSPS) is 19.1. The van der Waals surface area contributed by atoms with Gasteiger partial charge in [0.05, 0.1) is 40.7 Å². The number of benzene rings is 5. The Balaban J connectivity index is 1.15. The molecule has 0 saturated carbocycles. The fourth-order valence-electron chi connectivity index (χ4n) is 8.22. The van der Waals surface area contributed by atoms with Gasteiger partial charge in [-0.1, -0.05) is 103 Å². The first-order valence-electron chi connectivity index (χ1n) is 16.8. The van der Waals surface area contributed by atoms with Crippen molar-refractivity contribution in [3.63, 3.8) is 0 Å². The molecule has 50 heavy (non-hydrogen) atoms.